The summed E-state index contributed by atoms with van der Waals surface area (Å²) in [5, 5.41) is 9.86. The minimum absolute atomic E-state index is 0.0988. The first-order valence-corrected chi connectivity index (χ1v) is 8.44. The number of pyridine rings is 1. The van der Waals surface area contributed by atoms with Crippen molar-refractivity contribution in [3.05, 3.63) is 29.1 Å². The van der Waals surface area contributed by atoms with Gasteiger partial charge in [-0.2, -0.15) is 13.2 Å². The summed E-state index contributed by atoms with van der Waals surface area (Å²) in [6.45, 7) is 2.94. The number of rotatable bonds is 9. The van der Waals surface area contributed by atoms with Crippen LogP contribution in [0.1, 0.15) is 41.1 Å². The highest BCUT2D eigenvalue weighted by atomic mass is 19.4. The first-order valence-electron chi connectivity index (χ1n) is 8.44. The van der Waals surface area contributed by atoms with E-state index in [2.05, 4.69) is 16.0 Å². The third-order valence-corrected chi connectivity index (χ3v) is 3.72. The van der Waals surface area contributed by atoms with E-state index in [0.29, 0.717) is 19.5 Å². The molecule has 1 amide bonds. The number of aliphatic hydroxyl groups excluding tert-OH is 1. The molecular formula is C17H25F3N5O2+. The molecule has 1 atom stereocenters. The monoisotopic (exact) mass is 388 g/mol. The second kappa shape index (κ2) is 10.1. The van der Waals surface area contributed by atoms with E-state index in [1.54, 1.807) is 11.5 Å². The molecule has 1 rings (SSSR count). The molecule has 7 nitrogen and oxygen atoms in total. The number of primary amides is 1. The fourth-order valence-corrected chi connectivity index (χ4v) is 2.45. The molecule has 0 unspecified atom stereocenters. The van der Waals surface area contributed by atoms with Gasteiger partial charge in [-0.15, -0.1) is 0 Å². The topological polar surface area (TPSA) is 94.8 Å². The van der Waals surface area contributed by atoms with Crippen molar-refractivity contribution >= 4 is 11.9 Å². The van der Waals surface area contributed by atoms with E-state index in [4.69, 9.17) is 5.73 Å². The van der Waals surface area contributed by atoms with E-state index < -0.39 is 36.1 Å². The zero-order valence-corrected chi connectivity index (χ0v) is 15.6. The van der Waals surface area contributed by atoms with E-state index in [1.165, 1.54) is 0 Å². The van der Waals surface area contributed by atoms with Gasteiger partial charge in [-0.25, -0.2) is 9.56 Å². The van der Waals surface area contributed by atoms with Gasteiger partial charge in [0.25, 0.3) is 5.91 Å². The second-order valence-electron chi connectivity index (χ2n) is 6.12. The third-order valence-electron chi connectivity index (χ3n) is 3.72. The largest absolute Gasteiger partial charge is 0.433 e. The Hall–Kier alpha value is -2.29. The summed E-state index contributed by atoms with van der Waals surface area (Å²) in [4.78, 5) is 21.1. The standard InChI is InChI=1S/C17H24F3N5O2/c1-4-22-11-25(9-5-8-24(2)3)13(10-26)12-6-7-14(17(18,19)20)23-15(12)16(21)27/h6-7,13,26H,4-5,8-10H2,1-3H3,(H-,21,27)/p+1/t13-/m0/s1. The number of aliphatic imine (C=N–C) groups is 1. The fraction of sp³-hybridized carbons (Fsp3) is 0.588. The summed E-state index contributed by atoms with van der Waals surface area (Å²) in [5.74, 6) is -1.10. The molecule has 0 saturated carbocycles. The van der Waals surface area contributed by atoms with Crippen LogP contribution in [0.3, 0.4) is 0 Å². The molecule has 0 fully saturated rings. The van der Waals surface area contributed by atoms with Crippen LogP contribution in [0.4, 0.5) is 13.2 Å². The van der Waals surface area contributed by atoms with E-state index in [1.807, 2.05) is 19.0 Å². The lowest BCUT2D eigenvalue weighted by Crippen LogP contribution is -2.29. The summed E-state index contributed by atoms with van der Waals surface area (Å²) >= 11 is 0. The van der Waals surface area contributed by atoms with Gasteiger partial charge in [-0.05, 0) is 38.5 Å². The molecule has 0 aliphatic carbocycles. The first kappa shape index (κ1) is 22.8. The number of halogens is 3. The molecule has 10 heteroatoms. The van der Waals surface area contributed by atoms with Crippen molar-refractivity contribution in [2.75, 3.05) is 40.3 Å². The van der Waals surface area contributed by atoms with Crippen LogP contribution in [-0.2, 0) is 6.18 Å². The Kier molecular flexibility index (Phi) is 8.55. The third kappa shape index (κ3) is 6.74. The van der Waals surface area contributed by atoms with Crippen molar-refractivity contribution in [1.82, 2.24) is 9.88 Å². The molecular weight excluding hydrogens is 363 g/mol. The van der Waals surface area contributed by atoms with Crippen molar-refractivity contribution in [1.29, 1.82) is 0 Å². The molecule has 0 aromatic carbocycles. The summed E-state index contributed by atoms with van der Waals surface area (Å²) < 4.78 is 40.3. The molecule has 0 aliphatic rings. The number of aliphatic hydroxyl groups is 1. The molecule has 0 bridgehead atoms. The fourth-order valence-electron chi connectivity index (χ4n) is 2.45. The van der Waals surface area contributed by atoms with Gasteiger partial charge < -0.3 is 15.7 Å². The number of nitrogens with two attached hydrogens (primary N) is 1. The molecule has 0 radical (unpaired) electrons. The summed E-state index contributed by atoms with van der Waals surface area (Å²) in [7, 11) is 3.81. The van der Waals surface area contributed by atoms with E-state index in [-0.39, 0.29) is 5.56 Å². The van der Waals surface area contributed by atoms with Crippen molar-refractivity contribution in [3.63, 3.8) is 0 Å². The summed E-state index contributed by atoms with van der Waals surface area (Å²) in [5.41, 5.74) is 3.59. The smallest absolute Gasteiger partial charge is 0.392 e. The predicted molar refractivity (Wildman–Crippen MR) is 93.9 cm³/mol. The summed E-state index contributed by atoms with van der Waals surface area (Å²) in [6.07, 6.45) is -4.02. The van der Waals surface area contributed by atoms with Gasteiger partial charge in [0.2, 0.25) is 0 Å². The van der Waals surface area contributed by atoms with E-state index in [0.717, 1.165) is 18.7 Å². The number of hydrogen-bond donors (Lipinski definition) is 2. The Morgan fingerprint density at radius 1 is 1.44 bits per heavy atom. The Balaban J connectivity index is 3.38. The van der Waals surface area contributed by atoms with Gasteiger partial charge in [0.15, 0.2) is 6.04 Å². The van der Waals surface area contributed by atoms with Crippen LogP contribution >= 0.6 is 0 Å². The van der Waals surface area contributed by atoms with Crippen LogP contribution in [0.5, 0.6) is 0 Å². The minimum Gasteiger partial charge on any atom is -0.392 e. The van der Waals surface area contributed by atoms with Crippen LogP contribution < -0.4 is 5.73 Å². The van der Waals surface area contributed by atoms with Crippen LogP contribution in [-0.4, -0.2) is 71.8 Å². The Morgan fingerprint density at radius 3 is 2.59 bits per heavy atom. The number of aromatic nitrogens is 1. The summed E-state index contributed by atoms with van der Waals surface area (Å²) in [6, 6.07) is 3.81. The average Bonchev–Trinajstić information content (AvgIpc) is 2.58. The Labute approximate surface area is 156 Å². The molecule has 3 N–H and O–H groups in total. The lowest BCUT2D eigenvalue weighted by Gasteiger charge is -2.19. The zero-order chi connectivity index (χ0) is 20.6. The Morgan fingerprint density at radius 2 is 2.11 bits per heavy atom. The molecule has 0 aliphatic heterocycles. The van der Waals surface area contributed by atoms with Gasteiger partial charge in [-0.1, -0.05) is 6.07 Å². The normalized spacial score (nSPS) is 12.6. The highest BCUT2D eigenvalue weighted by Gasteiger charge is 2.35. The van der Waals surface area contributed by atoms with Crippen molar-refractivity contribution in [3.8, 4) is 0 Å². The zero-order valence-electron chi connectivity index (χ0n) is 15.6. The molecule has 150 valence electrons. The predicted octanol–water partition coefficient (Wildman–Crippen LogP) is 1.39. The van der Waals surface area contributed by atoms with Gasteiger partial charge in [0, 0.05) is 12.1 Å². The molecule has 27 heavy (non-hydrogen) atoms. The number of nitrogens with zero attached hydrogens (tertiary/aromatic N) is 4. The van der Waals surface area contributed by atoms with Gasteiger partial charge in [0.05, 0.1) is 13.2 Å². The van der Waals surface area contributed by atoms with Gasteiger partial charge >= 0.3 is 12.2 Å². The molecule has 0 saturated heterocycles. The van der Waals surface area contributed by atoms with Gasteiger partial charge in [-0.3, -0.25) is 4.79 Å². The van der Waals surface area contributed by atoms with Crippen LogP contribution in [0, 0.1) is 0 Å². The highest BCUT2D eigenvalue weighted by molar-refractivity contribution is 5.92. The van der Waals surface area contributed by atoms with Crippen molar-refractivity contribution in [2.45, 2.75) is 25.6 Å². The van der Waals surface area contributed by atoms with Gasteiger partial charge in [0.1, 0.15) is 17.9 Å². The van der Waals surface area contributed by atoms with Crippen molar-refractivity contribution in [2.24, 2.45) is 10.7 Å². The lowest BCUT2D eigenvalue weighted by atomic mass is 10.0. The minimum atomic E-state index is -4.71. The maximum Gasteiger partial charge on any atom is 0.433 e. The number of hydrogen-bond acceptors (Lipinski definition) is 5. The number of amides is 1. The Bertz CT molecular complexity index is 713. The van der Waals surface area contributed by atoms with E-state index in [9.17, 15) is 23.1 Å². The van der Waals surface area contributed by atoms with Crippen LogP contribution in [0.15, 0.2) is 17.1 Å². The lowest BCUT2D eigenvalue weighted by molar-refractivity contribution is -0.570. The van der Waals surface area contributed by atoms with E-state index >= 15 is 0 Å². The number of carbonyl (C=O) groups is 1. The molecule has 1 heterocycles. The number of carbonyl (C=O) groups excluding carboxylic acids is 1. The number of alkyl halides is 3. The van der Waals surface area contributed by atoms with Crippen LogP contribution in [0.25, 0.3) is 0 Å². The molecule has 0 spiro atoms. The quantitative estimate of drug-likeness (QED) is 0.494. The molecule has 1 aromatic rings. The highest BCUT2D eigenvalue weighted by Crippen LogP contribution is 2.30. The van der Waals surface area contributed by atoms with Crippen molar-refractivity contribution < 1.29 is 27.6 Å². The molecule has 1 aromatic heterocycles. The maximum atomic E-state index is 12.9. The first-order chi connectivity index (χ1) is 12.6. The average molecular weight is 388 g/mol. The SMILES string of the molecule is CCN=C=[N+](CCCN(C)C)[C@@H](CO)c1ccc(C(F)(F)F)nc1C(N)=O. The maximum absolute atomic E-state index is 12.9. The second-order valence-corrected chi connectivity index (χ2v) is 6.12. The van der Waals surface area contributed by atoms with Crippen LogP contribution in [0.2, 0.25) is 0 Å².